The summed E-state index contributed by atoms with van der Waals surface area (Å²) in [6, 6.07) is 41.2. The number of rotatable bonds is 4. The molecule has 0 fully saturated rings. The lowest BCUT2D eigenvalue weighted by Crippen LogP contribution is -2.61. The Morgan fingerprint density at radius 3 is 2.10 bits per heavy atom. The molecular weight excluding hydrogens is 534 g/mol. The molecule has 2 atom stereocenters. The number of ketones is 1. The molecule has 7 rings (SSSR count). The molecule has 42 heavy (non-hydrogen) atoms. The Hall–Kier alpha value is -4.40. The molecule has 1 aliphatic carbocycles. The predicted octanol–water partition coefficient (Wildman–Crippen LogP) is 9.64. The Morgan fingerprint density at radius 2 is 1.38 bits per heavy atom. The van der Waals surface area contributed by atoms with Crippen molar-refractivity contribution in [2.75, 3.05) is 11.9 Å². The molecule has 2 aliphatic rings. The molecule has 1 spiro atoms. The molecule has 1 aliphatic heterocycles. The van der Waals surface area contributed by atoms with Crippen LogP contribution in [0.2, 0.25) is 5.02 Å². The summed E-state index contributed by atoms with van der Waals surface area (Å²) in [6.07, 6.45) is 4.60. The average molecular weight is 566 g/mol. The number of carbonyl (C=O) groups is 1. The first-order valence-corrected chi connectivity index (χ1v) is 14.8. The average Bonchev–Trinajstić information content (AvgIpc) is 3.19. The minimum absolute atomic E-state index is 0.109. The van der Waals surface area contributed by atoms with Gasteiger partial charge in [-0.25, -0.2) is 0 Å². The maximum Gasteiger partial charge on any atom is 0.173 e. The van der Waals surface area contributed by atoms with Gasteiger partial charge in [-0.05, 0) is 69.0 Å². The van der Waals surface area contributed by atoms with E-state index in [9.17, 15) is 4.79 Å². The van der Waals surface area contributed by atoms with Gasteiger partial charge < -0.3 is 4.90 Å². The second-order valence-electron chi connectivity index (χ2n) is 11.9. The van der Waals surface area contributed by atoms with Crippen LogP contribution in [0.5, 0.6) is 0 Å². The van der Waals surface area contributed by atoms with E-state index in [-0.39, 0.29) is 5.78 Å². The topological polar surface area (TPSA) is 20.3 Å². The van der Waals surface area contributed by atoms with Crippen molar-refractivity contribution in [3.63, 3.8) is 0 Å². The first-order valence-electron chi connectivity index (χ1n) is 14.4. The van der Waals surface area contributed by atoms with Gasteiger partial charge in [-0.1, -0.05) is 129 Å². The highest BCUT2D eigenvalue weighted by Gasteiger charge is 2.62. The van der Waals surface area contributed by atoms with Gasteiger partial charge in [0.15, 0.2) is 5.78 Å². The fourth-order valence-corrected chi connectivity index (χ4v) is 7.62. The third kappa shape index (κ3) is 3.82. The fraction of sp³-hybridized carbons (Fsp3) is 0.154. The summed E-state index contributed by atoms with van der Waals surface area (Å²) in [4.78, 5) is 17.4. The largest absolute Gasteiger partial charge is 0.363 e. The molecule has 2 nitrogen and oxygen atoms in total. The first-order chi connectivity index (χ1) is 20.3. The number of hydrogen-bond donors (Lipinski definition) is 0. The molecule has 0 saturated heterocycles. The lowest BCUT2D eigenvalue weighted by Gasteiger charge is -2.52. The standard InChI is InChI=1S/C39H32ClNO/c1-38(2)35-32-17-11-10-14-27(32)20-23-34(35)41(3)39(38)25-30(26-12-6-4-7-13-26)24-33(28-18-21-31(40)22-19-28)36(39)37(42)29-15-8-5-9-16-29/h4-25,36H,1-3H3/t36-,39-/m0/s1. The summed E-state index contributed by atoms with van der Waals surface area (Å²) >= 11 is 6.37. The van der Waals surface area contributed by atoms with Gasteiger partial charge in [0.2, 0.25) is 0 Å². The molecule has 3 heteroatoms. The Balaban J connectivity index is 1.58. The van der Waals surface area contributed by atoms with Gasteiger partial charge in [0.05, 0.1) is 11.5 Å². The monoisotopic (exact) mass is 565 g/mol. The van der Waals surface area contributed by atoms with Crippen molar-refractivity contribution in [2.24, 2.45) is 5.92 Å². The lowest BCUT2D eigenvalue weighted by atomic mass is 9.57. The van der Waals surface area contributed by atoms with E-state index in [4.69, 9.17) is 11.6 Å². The van der Waals surface area contributed by atoms with Crippen LogP contribution in [0.25, 0.3) is 21.9 Å². The van der Waals surface area contributed by atoms with Crippen molar-refractivity contribution in [1.82, 2.24) is 0 Å². The van der Waals surface area contributed by atoms with E-state index in [0.29, 0.717) is 10.6 Å². The maximum absolute atomic E-state index is 15.0. The van der Waals surface area contributed by atoms with Crippen LogP contribution in [0.1, 0.15) is 40.9 Å². The van der Waals surface area contributed by atoms with Gasteiger partial charge in [-0.15, -0.1) is 0 Å². The Labute approximate surface area is 252 Å². The van der Waals surface area contributed by atoms with Crippen LogP contribution >= 0.6 is 11.6 Å². The van der Waals surface area contributed by atoms with Crippen LogP contribution < -0.4 is 4.90 Å². The van der Waals surface area contributed by atoms with Crippen LogP contribution in [0, 0.1) is 5.92 Å². The molecule has 1 heterocycles. The molecule has 0 aromatic heterocycles. The smallest absolute Gasteiger partial charge is 0.173 e. The number of fused-ring (bicyclic) bond motifs is 3. The van der Waals surface area contributed by atoms with E-state index in [1.165, 1.54) is 16.3 Å². The third-order valence-corrected chi connectivity index (χ3v) is 9.74. The molecule has 5 aromatic rings. The quantitative estimate of drug-likeness (QED) is 0.202. The van der Waals surface area contributed by atoms with Crippen molar-refractivity contribution in [3.8, 4) is 0 Å². The van der Waals surface area contributed by atoms with E-state index >= 15 is 0 Å². The number of anilines is 1. The molecule has 0 bridgehead atoms. The minimum Gasteiger partial charge on any atom is -0.363 e. The summed E-state index contributed by atoms with van der Waals surface area (Å²) in [5.74, 6) is -0.378. The Kier molecular flexibility index (Phi) is 6.22. The molecule has 0 N–H and O–H groups in total. The number of carbonyl (C=O) groups excluding carboxylic acids is 1. The third-order valence-electron chi connectivity index (χ3n) is 9.49. The summed E-state index contributed by atoms with van der Waals surface area (Å²) in [7, 11) is 2.16. The van der Waals surface area contributed by atoms with E-state index in [2.05, 4.69) is 98.6 Å². The van der Waals surface area contributed by atoms with E-state index < -0.39 is 16.9 Å². The number of likely N-dealkylation sites (N-methyl/N-ethyl adjacent to an activating group) is 1. The maximum atomic E-state index is 15.0. The highest BCUT2D eigenvalue weighted by Crippen LogP contribution is 2.61. The van der Waals surface area contributed by atoms with Crippen LogP contribution in [0.4, 0.5) is 5.69 Å². The summed E-state index contributed by atoms with van der Waals surface area (Å²) < 4.78 is 0. The normalized spacial score (nSPS) is 20.8. The highest BCUT2D eigenvalue weighted by molar-refractivity contribution is 6.30. The van der Waals surface area contributed by atoms with E-state index in [1.807, 2.05) is 60.7 Å². The van der Waals surface area contributed by atoms with Crippen LogP contribution in [-0.2, 0) is 5.41 Å². The van der Waals surface area contributed by atoms with Gasteiger partial charge in [0.25, 0.3) is 0 Å². The minimum atomic E-state index is -0.707. The Morgan fingerprint density at radius 1 is 0.738 bits per heavy atom. The van der Waals surface area contributed by atoms with Crippen LogP contribution in [0.15, 0.2) is 133 Å². The van der Waals surface area contributed by atoms with Crippen molar-refractivity contribution < 1.29 is 4.79 Å². The number of Topliss-reactive ketones (excluding diaryl/α,β-unsaturated/α-hetero) is 1. The van der Waals surface area contributed by atoms with Crippen molar-refractivity contribution >= 4 is 45.0 Å². The van der Waals surface area contributed by atoms with Gasteiger partial charge in [-0.2, -0.15) is 0 Å². The van der Waals surface area contributed by atoms with Crippen molar-refractivity contribution in [3.05, 3.63) is 161 Å². The molecule has 0 unspecified atom stereocenters. The van der Waals surface area contributed by atoms with Crippen LogP contribution in [-0.4, -0.2) is 18.4 Å². The molecule has 5 aromatic carbocycles. The lowest BCUT2D eigenvalue weighted by molar-refractivity contribution is 0.0886. The highest BCUT2D eigenvalue weighted by atomic mass is 35.5. The zero-order valence-electron chi connectivity index (χ0n) is 24.0. The number of allylic oxidation sites excluding steroid dienone is 2. The zero-order chi connectivity index (χ0) is 29.1. The summed E-state index contributed by atoms with van der Waals surface area (Å²) in [5, 5.41) is 3.11. The molecule has 206 valence electrons. The SMILES string of the molecule is CN1c2ccc3ccccc3c2C(C)(C)[C@@]12C=C(c1ccccc1)C=C(c1ccc(Cl)cc1)[C@H]2C(=O)c1ccccc1. The second-order valence-corrected chi connectivity index (χ2v) is 12.4. The van der Waals surface area contributed by atoms with Gasteiger partial charge in [-0.3, -0.25) is 4.79 Å². The molecule has 0 radical (unpaired) electrons. The van der Waals surface area contributed by atoms with E-state index in [0.717, 1.165) is 28.0 Å². The number of nitrogens with zero attached hydrogens (tertiary/aromatic N) is 1. The van der Waals surface area contributed by atoms with Crippen LogP contribution in [0.3, 0.4) is 0 Å². The Bertz CT molecular complexity index is 1890. The molecule has 0 saturated carbocycles. The molecule has 0 amide bonds. The second kappa shape index (κ2) is 9.86. The summed E-state index contributed by atoms with van der Waals surface area (Å²) in [6.45, 7) is 4.63. The predicted molar refractivity (Wildman–Crippen MR) is 176 cm³/mol. The first kappa shape index (κ1) is 26.5. The number of hydrogen-bond acceptors (Lipinski definition) is 2. The number of benzene rings is 5. The molecular formula is C39H32ClNO. The zero-order valence-corrected chi connectivity index (χ0v) is 24.8. The van der Waals surface area contributed by atoms with Gasteiger partial charge >= 0.3 is 0 Å². The fourth-order valence-electron chi connectivity index (χ4n) is 7.50. The van der Waals surface area contributed by atoms with Crippen molar-refractivity contribution in [2.45, 2.75) is 24.8 Å². The van der Waals surface area contributed by atoms with Gasteiger partial charge in [0, 0.05) is 28.7 Å². The number of halogens is 1. The van der Waals surface area contributed by atoms with E-state index in [1.54, 1.807) is 0 Å². The summed E-state index contributed by atoms with van der Waals surface area (Å²) in [5.41, 5.74) is 6.22. The van der Waals surface area contributed by atoms with Gasteiger partial charge in [0.1, 0.15) is 0 Å². The van der Waals surface area contributed by atoms with Crippen molar-refractivity contribution in [1.29, 1.82) is 0 Å².